The van der Waals surface area contributed by atoms with E-state index in [1.165, 1.54) is 18.4 Å². The van der Waals surface area contributed by atoms with Crippen molar-refractivity contribution < 1.29 is 13.2 Å². The number of rotatable bonds is 9. The van der Waals surface area contributed by atoms with E-state index in [1.807, 2.05) is 43.3 Å². The molecule has 9 nitrogen and oxygen atoms in total. The first kappa shape index (κ1) is 24.1. The molecule has 0 amide bonds. The van der Waals surface area contributed by atoms with E-state index in [4.69, 9.17) is 4.74 Å². The number of pyridine rings is 1. The molecule has 0 fully saturated rings. The monoisotopic (exact) mass is 490 g/mol. The smallest absolute Gasteiger partial charge is 0.242 e. The van der Waals surface area contributed by atoms with Crippen LogP contribution in [0.4, 0.5) is 23.1 Å². The molecular weight excluding hydrogens is 464 g/mol. The van der Waals surface area contributed by atoms with Crippen molar-refractivity contribution in [2.24, 2.45) is 0 Å². The van der Waals surface area contributed by atoms with E-state index in [9.17, 15) is 8.42 Å². The van der Waals surface area contributed by atoms with Gasteiger partial charge in [-0.15, -0.1) is 0 Å². The molecule has 0 unspecified atom stereocenters. The van der Waals surface area contributed by atoms with Gasteiger partial charge in [-0.25, -0.2) is 17.7 Å². The number of nitrogens with zero attached hydrogens (tertiary/aromatic N) is 4. The number of hydrogen-bond acceptors (Lipinski definition) is 8. The summed E-state index contributed by atoms with van der Waals surface area (Å²) >= 11 is 0. The molecule has 0 atom stereocenters. The lowest BCUT2D eigenvalue weighted by atomic mass is 10.2. The van der Waals surface area contributed by atoms with Crippen molar-refractivity contribution in [3.05, 3.63) is 90.4 Å². The van der Waals surface area contributed by atoms with E-state index in [2.05, 4.69) is 25.6 Å². The molecule has 2 aromatic carbocycles. The molecular formula is C25H26N6O3S. The van der Waals surface area contributed by atoms with Crippen molar-refractivity contribution in [2.45, 2.75) is 18.4 Å². The van der Waals surface area contributed by atoms with Gasteiger partial charge in [0.25, 0.3) is 0 Å². The van der Waals surface area contributed by atoms with Crippen LogP contribution in [0.1, 0.15) is 11.1 Å². The Bertz CT molecular complexity index is 1380. The maximum absolute atomic E-state index is 12.2. The maximum Gasteiger partial charge on any atom is 0.242 e. The highest BCUT2D eigenvalue weighted by Gasteiger charge is 2.16. The molecule has 0 saturated heterocycles. The zero-order chi connectivity index (χ0) is 24.8. The van der Waals surface area contributed by atoms with E-state index in [1.54, 1.807) is 42.9 Å². The highest BCUT2D eigenvalue weighted by Crippen LogP contribution is 2.24. The first-order chi connectivity index (χ1) is 16.8. The molecule has 2 N–H and O–H groups in total. The van der Waals surface area contributed by atoms with E-state index >= 15 is 0 Å². The summed E-state index contributed by atoms with van der Waals surface area (Å²) in [6, 6.07) is 17.9. The minimum Gasteiger partial charge on any atom is -0.489 e. The second kappa shape index (κ2) is 10.5. The number of aryl methyl sites for hydroxylation is 1. The molecule has 4 aromatic rings. The van der Waals surface area contributed by atoms with Gasteiger partial charge in [-0.2, -0.15) is 4.98 Å². The summed E-state index contributed by atoms with van der Waals surface area (Å²) in [4.78, 5) is 13.2. The standard InChI is InChI=1S/C25H26N6O3S/c1-18-15-27-25(29-21-8-12-23(13-9-21)35(32,33)31(2)3)30-24(18)28-20-6-10-22(11-7-20)34-17-19-5-4-14-26-16-19/h4-16H,17H2,1-3H3,(H2,27,28,29,30). The van der Waals surface area contributed by atoms with E-state index in [0.717, 1.165) is 22.6 Å². The molecule has 35 heavy (non-hydrogen) atoms. The van der Waals surface area contributed by atoms with Crippen LogP contribution in [-0.4, -0.2) is 41.8 Å². The number of nitrogens with one attached hydrogen (secondary N) is 2. The predicted octanol–water partition coefficient (Wildman–Crippen LogP) is 4.50. The minimum atomic E-state index is -3.48. The van der Waals surface area contributed by atoms with Crippen molar-refractivity contribution in [3.63, 3.8) is 0 Å². The van der Waals surface area contributed by atoms with Crippen LogP contribution in [0.2, 0.25) is 0 Å². The van der Waals surface area contributed by atoms with Gasteiger partial charge in [-0.3, -0.25) is 4.98 Å². The van der Waals surface area contributed by atoms with Crippen LogP contribution in [0.5, 0.6) is 5.75 Å². The lowest BCUT2D eigenvalue weighted by Gasteiger charge is -2.13. The predicted molar refractivity (Wildman–Crippen MR) is 136 cm³/mol. The van der Waals surface area contributed by atoms with E-state index in [0.29, 0.717) is 24.1 Å². The second-order valence-corrected chi connectivity index (χ2v) is 10.1. The maximum atomic E-state index is 12.2. The van der Waals surface area contributed by atoms with Crippen molar-refractivity contribution in [2.75, 3.05) is 24.7 Å². The third-order valence-electron chi connectivity index (χ3n) is 5.11. The molecule has 0 aliphatic rings. The second-order valence-electron chi connectivity index (χ2n) is 7.96. The van der Waals surface area contributed by atoms with Crippen LogP contribution in [0.3, 0.4) is 0 Å². The Kier molecular flexibility index (Phi) is 7.23. The molecule has 10 heteroatoms. The third-order valence-corrected chi connectivity index (χ3v) is 6.94. The molecule has 0 saturated carbocycles. The summed E-state index contributed by atoms with van der Waals surface area (Å²) in [6.45, 7) is 2.36. The van der Waals surface area contributed by atoms with E-state index in [-0.39, 0.29) is 4.90 Å². The number of sulfonamides is 1. The van der Waals surface area contributed by atoms with Gasteiger partial charge in [0, 0.05) is 55.2 Å². The summed E-state index contributed by atoms with van der Waals surface area (Å²) in [7, 11) is -0.484. The lowest BCUT2D eigenvalue weighted by Crippen LogP contribution is -2.22. The molecule has 0 aliphatic heterocycles. The van der Waals surface area contributed by atoms with Gasteiger partial charge in [0.1, 0.15) is 18.2 Å². The van der Waals surface area contributed by atoms with E-state index < -0.39 is 10.0 Å². The van der Waals surface area contributed by atoms with Crippen LogP contribution >= 0.6 is 0 Å². The Morgan fingerprint density at radius 3 is 2.26 bits per heavy atom. The number of anilines is 4. The first-order valence-corrected chi connectivity index (χ1v) is 12.3. The topological polar surface area (TPSA) is 109 Å². The van der Waals surface area contributed by atoms with Gasteiger partial charge < -0.3 is 15.4 Å². The molecule has 0 aliphatic carbocycles. The molecule has 4 rings (SSSR count). The Balaban J connectivity index is 1.41. The quantitative estimate of drug-likeness (QED) is 0.353. The Morgan fingerprint density at radius 1 is 0.914 bits per heavy atom. The number of hydrogen-bond donors (Lipinski definition) is 2. The molecule has 0 bridgehead atoms. The average Bonchev–Trinajstić information content (AvgIpc) is 2.86. The number of ether oxygens (including phenoxy) is 1. The summed E-state index contributed by atoms with van der Waals surface area (Å²) in [5.74, 6) is 1.79. The summed E-state index contributed by atoms with van der Waals surface area (Å²) in [5.41, 5.74) is 3.40. The Morgan fingerprint density at radius 2 is 1.60 bits per heavy atom. The highest BCUT2D eigenvalue weighted by atomic mass is 32.2. The fourth-order valence-corrected chi connectivity index (χ4v) is 4.00. The molecule has 0 radical (unpaired) electrons. The van der Waals surface area contributed by atoms with Crippen LogP contribution in [-0.2, 0) is 16.6 Å². The van der Waals surface area contributed by atoms with Crippen LogP contribution in [0, 0.1) is 6.92 Å². The normalized spacial score (nSPS) is 11.3. The van der Waals surface area contributed by atoms with Crippen molar-refractivity contribution in [3.8, 4) is 5.75 Å². The van der Waals surface area contributed by atoms with Gasteiger partial charge in [-0.05, 0) is 61.5 Å². The van der Waals surface area contributed by atoms with Gasteiger partial charge in [-0.1, -0.05) is 6.07 Å². The van der Waals surface area contributed by atoms with Crippen LogP contribution < -0.4 is 15.4 Å². The first-order valence-electron chi connectivity index (χ1n) is 10.8. The number of benzene rings is 2. The zero-order valence-corrected chi connectivity index (χ0v) is 20.5. The molecule has 180 valence electrons. The molecule has 2 aromatic heterocycles. The summed E-state index contributed by atoms with van der Waals surface area (Å²) in [6.07, 6.45) is 5.22. The number of aromatic nitrogens is 3. The Labute approximate surface area is 204 Å². The molecule has 0 spiro atoms. The van der Waals surface area contributed by atoms with Crippen molar-refractivity contribution in [1.82, 2.24) is 19.3 Å². The molecule has 2 heterocycles. The summed E-state index contributed by atoms with van der Waals surface area (Å²) in [5, 5.41) is 6.41. The van der Waals surface area contributed by atoms with Crippen LogP contribution in [0.15, 0.2) is 84.1 Å². The largest absolute Gasteiger partial charge is 0.489 e. The van der Waals surface area contributed by atoms with Crippen molar-refractivity contribution >= 4 is 33.2 Å². The fraction of sp³-hybridized carbons (Fsp3) is 0.160. The Hall–Kier alpha value is -4.02. The van der Waals surface area contributed by atoms with Gasteiger partial charge >= 0.3 is 0 Å². The van der Waals surface area contributed by atoms with Crippen molar-refractivity contribution in [1.29, 1.82) is 0 Å². The SMILES string of the molecule is Cc1cnc(Nc2ccc(S(=O)(=O)N(C)C)cc2)nc1Nc1ccc(OCc2cccnc2)cc1. The zero-order valence-electron chi connectivity index (χ0n) is 19.6. The van der Waals surface area contributed by atoms with Gasteiger partial charge in [0.2, 0.25) is 16.0 Å². The average molecular weight is 491 g/mol. The lowest BCUT2D eigenvalue weighted by molar-refractivity contribution is 0.306. The summed E-state index contributed by atoms with van der Waals surface area (Å²) < 4.78 is 31.5. The van der Waals surface area contributed by atoms with Gasteiger partial charge in [0.05, 0.1) is 4.90 Å². The fourth-order valence-electron chi connectivity index (χ4n) is 3.10. The van der Waals surface area contributed by atoms with Gasteiger partial charge in [0.15, 0.2) is 0 Å². The van der Waals surface area contributed by atoms with Crippen LogP contribution in [0.25, 0.3) is 0 Å². The highest BCUT2D eigenvalue weighted by molar-refractivity contribution is 7.89. The minimum absolute atomic E-state index is 0.216. The third kappa shape index (κ3) is 6.11.